The summed E-state index contributed by atoms with van der Waals surface area (Å²) in [7, 11) is 0. The highest BCUT2D eigenvalue weighted by Gasteiger charge is 2.35. The van der Waals surface area contributed by atoms with E-state index in [-0.39, 0.29) is 24.3 Å². The number of fused-ring (bicyclic) bond motifs is 1. The molecule has 2 aliphatic rings. The third kappa shape index (κ3) is 3.00. The van der Waals surface area contributed by atoms with Gasteiger partial charge >= 0.3 is 0 Å². The summed E-state index contributed by atoms with van der Waals surface area (Å²) in [4.78, 5) is 39.1. The monoisotopic (exact) mass is 383 g/mol. The van der Waals surface area contributed by atoms with Crippen molar-refractivity contribution in [1.29, 1.82) is 0 Å². The first-order valence-corrected chi connectivity index (χ1v) is 8.72. The summed E-state index contributed by atoms with van der Waals surface area (Å²) in [6.45, 7) is 2.44. The van der Waals surface area contributed by atoms with Gasteiger partial charge in [-0.3, -0.25) is 19.7 Å². The first kappa shape index (κ1) is 17.8. The molecule has 0 aromatic heterocycles. The lowest BCUT2D eigenvalue weighted by atomic mass is 10.1. The Morgan fingerprint density at radius 2 is 1.82 bits per heavy atom. The number of nitro benzene ring substituents is 1. The first-order chi connectivity index (χ1) is 13.5. The minimum Gasteiger partial charge on any atom is -0.454 e. The number of anilines is 1. The largest absolute Gasteiger partial charge is 0.454 e. The molecule has 1 unspecified atom stereocenters. The molecule has 4 rings (SSSR count). The van der Waals surface area contributed by atoms with E-state index < -0.39 is 11.0 Å². The van der Waals surface area contributed by atoms with E-state index in [1.807, 2.05) is 0 Å². The maximum Gasteiger partial charge on any atom is 0.269 e. The Bertz CT molecular complexity index is 959. The molecule has 9 nitrogen and oxygen atoms in total. The molecule has 2 heterocycles. The number of carbonyl (C=O) groups excluding carboxylic acids is 2. The van der Waals surface area contributed by atoms with Crippen LogP contribution in [0.4, 0.5) is 11.4 Å². The van der Waals surface area contributed by atoms with Crippen molar-refractivity contribution in [3.05, 3.63) is 58.1 Å². The van der Waals surface area contributed by atoms with Crippen molar-refractivity contribution in [1.82, 2.24) is 4.90 Å². The molecule has 2 aromatic rings. The van der Waals surface area contributed by atoms with Crippen molar-refractivity contribution in [2.75, 3.05) is 24.8 Å². The second kappa shape index (κ2) is 6.84. The average molecular weight is 383 g/mol. The Kier molecular flexibility index (Phi) is 4.34. The highest BCUT2D eigenvalue weighted by atomic mass is 16.7. The number of nitrogens with zero attached hydrogens (tertiary/aromatic N) is 3. The number of hydrogen-bond acceptors (Lipinski definition) is 6. The summed E-state index contributed by atoms with van der Waals surface area (Å²) >= 11 is 0. The van der Waals surface area contributed by atoms with E-state index in [2.05, 4.69) is 0 Å². The predicted octanol–water partition coefficient (Wildman–Crippen LogP) is 2.20. The Morgan fingerprint density at radius 3 is 2.54 bits per heavy atom. The van der Waals surface area contributed by atoms with Gasteiger partial charge in [-0.2, -0.15) is 0 Å². The van der Waals surface area contributed by atoms with Gasteiger partial charge in [-0.25, -0.2) is 0 Å². The van der Waals surface area contributed by atoms with Gasteiger partial charge in [0.15, 0.2) is 11.5 Å². The fourth-order valence-electron chi connectivity index (χ4n) is 3.35. The quantitative estimate of drug-likeness (QED) is 0.595. The van der Waals surface area contributed by atoms with Crippen LogP contribution in [-0.4, -0.2) is 47.6 Å². The van der Waals surface area contributed by atoms with Crippen LogP contribution in [0, 0.1) is 10.1 Å². The lowest BCUT2D eigenvalue weighted by molar-refractivity contribution is -0.384. The van der Waals surface area contributed by atoms with Crippen molar-refractivity contribution in [3.8, 4) is 11.5 Å². The molecule has 0 N–H and O–H groups in total. The van der Waals surface area contributed by atoms with Crippen molar-refractivity contribution in [2.45, 2.75) is 13.0 Å². The molecule has 1 saturated heterocycles. The van der Waals surface area contributed by atoms with Gasteiger partial charge in [-0.15, -0.1) is 0 Å². The van der Waals surface area contributed by atoms with Crippen LogP contribution in [0.3, 0.4) is 0 Å². The van der Waals surface area contributed by atoms with Crippen molar-refractivity contribution < 1.29 is 24.0 Å². The molecule has 2 amide bonds. The number of carbonyl (C=O) groups is 2. The topological polar surface area (TPSA) is 102 Å². The molecule has 144 valence electrons. The average Bonchev–Trinajstić information content (AvgIpc) is 3.17. The SMILES string of the molecule is CC1C(=O)N(c2ccc([N+](=O)[O-])cc2)CCN1C(=O)c1ccc2c(c1)OCO2. The maximum absolute atomic E-state index is 12.9. The van der Waals surface area contributed by atoms with Crippen molar-refractivity contribution in [3.63, 3.8) is 0 Å². The molecule has 1 atom stereocenters. The van der Waals surface area contributed by atoms with Crippen LogP contribution >= 0.6 is 0 Å². The summed E-state index contributed by atoms with van der Waals surface area (Å²) in [5.41, 5.74) is 0.950. The molecule has 2 aromatic carbocycles. The fraction of sp³-hybridized carbons (Fsp3) is 0.263. The number of hydrogen-bond donors (Lipinski definition) is 0. The highest BCUT2D eigenvalue weighted by Crippen LogP contribution is 2.33. The second-order valence-electron chi connectivity index (χ2n) is 6.51. The molecule has 0 bridgehead atoms. The molecule has 2 aliphatic heterocycles. The number of amides is 2. The number of ether oxygens (including phenoxy) is 2. The molecular formula is C19H17N3O6. The van der Waals surface area contributed by atoms with Crippen molar-refractivity contribution in [2.24, 2.45) is 0 Å². The molecular weight excluding hydrogens is 366 g/mol. The van der Waals surface area contributed by atoms with E-state index in [4.69, 9.17) is 9.47 Å². The van der Waals surface area contributed by atoms with Gasteiger partial charge in [0.2, 0.25) is 12.7 Å². The van der Waals surface area contributed by atoms with Gasteiger partial charge in [0.25, 0.3) is 11.6 Å². The van der Waals surface area contributed by atoms with Crippen molar-refractivity contribution >= 4 is 23.2 Å². The minimum atomic E-state index is -0.665. The van der Waals surface area contributed by atoms with Gasteiger partial charge in [-0.1, -0.05) is 0 Å². The second-order valence-corrected chi connectivity index (χ2v) is 6.51. The predicted molar refractivity (Wildman–Crippen MR) is 98.5 cm³/mol. The van der Waals surface area contributed by atoms with Crippen LogP contribution in [0.25, 0.3) is 0 Å². The normalized spacial score (nSPS) is 18.3. The molecule has 0 spiro atoms. The van der Waals surface area contributed by atoms with E-state index >= 15 is 0 Å². The van der Waals surface area contributed by atoms with E-state index in [0.29, 0.717) is 35.8 Å². The Balaban J connectivity index is 1.51. The Labute approximate surface area is 160 Å². The summed E-state index contributed by atoms with van der Waals surface area (Å²) in [6.07, 6.45) is 0. The molecule has 28 heavy (non-hydrogen) atoms. The van der Waals surface area contributed by atoms with Gasteiger partial charge in [0, 0.05) is 36.5 Å². The zero-order chi connectivity index (χ0) is 19.8. The summed E-state index contributed by atoms with van der Waals surface area (Å²) in [5.74, 6) is 0.592. The third-order valence-electron chi connectivity index (χ3n) is 4.91. The van der Waals surface area contributed by atoms with Gasteiger partial charge in [0.05, 0.1) is 4.92 Å². The lowest BCUT2D eigenvalue weighted by Crippen LogP contribution is -2.57. The van der Waals surface area contributed by atoms with Gasteiger partial charge in [-0.05, 0) is 37.3 Å². The summed E-state index contributed by atoms with van der Waals surface area (Å²) in [6, 6.07) is 10.1. The van der Waals surface area contributed by atoms with Gasteiger partial charge < -0.3 is 19.3 Å². The smallest absolute Gasteiger partial charge is 0.269 e. The number of non-ortho nitro benzene ring substituents is 1. The molecule has 1 fully saturated rings. The Hall–Kier alpha value is -3.62. The lowest BCUT2D eigenvalue weighted by Gasteiger charge is -2.39. The van der Waals surface area contributed by atoms with E-state index in [1.165, 1.54) is 34.1 Å². The zero-order valence-electron chi connectivity index (χ0n) is 15.0. The molecule has 0 saturated carbocycles. The van der Waals surface area contributed by atoms with Crippen LogP contribution in [0.5, 0.6) is 11.5 Å². The third-order valence-corrected chi connectivity index (χ3v) is 4.91. The summed E-state index contributed by atoms with van der Waals surface area (Å²) in [5, 5.41) is 10.8. The molecule has 0 aliphatic carbocycles. The highest BCUT2D eigenvalue weighted by molar-refractivity contribution is 6.03. The van der Waals surface area contributed by atoms with Crippen LogP contribution < -0.4 is 14.4 Å². The number of rotatable bonds is 3. The maximum atomic E-state index is 12.9. The summed E-state index contributed by atoms with van der Waals surface area (Å²) < 4.78 is 10.6. The number of nitro groups is 1. The minimum absolute atomic E-state index is 0.0409. The van der Waals surface area contributed by atoms with E-state index in [1.54, 1.807) is 25.1 Å². The number of piperazine rings is 1. The fourth-order valence-corrected chi connectivity index (χ4v) is 3.35. The molecule has 9 heteroatoms. The van der Waals surface area contributed by atoms with Crippen LogP contribution in [0.2, 0.25) is 0 Å². The van der Waals surface area contributed by atoms with E-state index in [9.17, 15) is 19.7 Å². The van der Waals surface area contributed by atoms with Gasteiger partial charge in [0.1, 0.15) is 6.04 Å². The Morgan fingerprint density at radius 1 is 1.11 bits per heavy atom. The van der Waals surface area contributed by atoms with Crippen LogP contribution in [0.1, 0.15) is 17.3 Å². The zero-order valence-corrected chi connectivity index (χ0v) is 15.0. The van der Waals surface area contributed by atoms with Crippen LogP contribution in [0.15, 0.2) is 42.5 Å². The molecule has 0 radical (unpaired) electrons. The van der Waals surface area contributed by atoms with Crippen LogP contribution in [-0.2, 0) is 4.79 Å². The number of benzene rings is 2. The first-order valence-electron chi connectivity index (χ1n) is 8.72. The van der Waals surface area contributed by atoms with E-state index in [0.717, 1.165) is 0 Å². The standard InChI is InChI=1S/C19H17N3O6/c1-12-18(23)21(14-3-5-15(6-4-14)22(25)26)9-8-20(12)19(24)13-2-7-16-17(10-13)28-11-27-16/h2-7,10,12H,8-9,11H2,1H3.